The second-order valence-electron chi connectivity index (χ2n) is 5.97. The molecule has 0 amide bonds. The Balaban J connectivity index is 2.78. The highest BCUT2D eigenvalue weighted by molar-refractivity contribution is 7.17. The van der Waals surface area contributed by atoms with Crippen LogP contribution in [0.4, 0.5) is 0 Å². The lowest BCUT2D eigenvalue weighted by Gasteiger charge is -2.23. The molecule has 20 heavy (non-hydrogen) atoms. The van der Waals surface area contributed by atoms with Crippen molar-refractivity contribution in [3.8, 4) is 0 Å². The van der Waals surface area contributed by atoms with Crippen molar-refractivity contribution in [3.05, 3.63) is 15.5 Å². The van der Waals surface area contributed by atoms with Crippen LogP contribution in [0.5, 0.6) is 0 Å². The van der Waals surface area contributed by atoms with Gasteiger partial charge in [0.25, 0.3) is 0 Å². The van der Waals surface area contributed by atoms with Crippen molar-refractivity contribution < 1.29 is 9.53 Å². The molecule has 0 aliphatic carbocycles. The minimum Gasteiger partial charge on any atom is -0.458 e. The molecule has 0 radical (unpaired) electrons. The van der Waals surface area contributed by atoms with Gasteiger partial charge in [-0.15, -0.1) is 11.3 Å². The van der Waals surface area contributed by atoms with Crippen LogP contribution in [0, 0.1) is 5.92 Å². The van der Waals surface area contributed by atoms with Gasteiger partial charge in [0, 0.05) is 12.4 Å². The first-order valence-electron chi connectivity index (χ1n) is 6.55. The van der Waals surface area contributed by atoms with Gasteiger partial charge in [-0.25, -0.2) is 9.78 Å². The Morgan fingerprint density at radius 1 is 1.55 bits per heavy atom. The molecule has 1 aromatic rings. The number of nitrogens with zero attached hydrogens (tertiary/aromatic N) is 2. The Hall–Kier alpha value is -0.940. The SMILES string of the molecule is CC(C)CC(N=Cc1cnc(Cl)s1)C(=O)OC(C)(C)C. The first kappa shape index (κ1) is 17.1. The third-order valence-corrected chi connectivity index (χ3v) is 3.30. The summed E-state index contributed by atoms with van der Waals surface area (Å²) in [6, 6.07) is -0.491. The van der Waals surface area contributed by atoms with E-state index in [1.54, 1.807) is 12.4 Å². The van der Waals surface area contributed by atoms with Crippen molar-refractivity contribution >= 4 is 35.1 Å². The summed E-state index contributed by atoms with van der Waals surface area (Å²) >= 11 is 7.09. The third-order valence-electron chi connectivity index (χ3n) is 2.25. The fourth-order valence-electron chi connectivity index (χ4n) is 1.52. The smallest absolute Gasteiger partial charge is 0.331 e. The van der Waals surface area contributed by atoms with E-state index in [-0.39, 0.29) is 5.97 Å². The summed E-state index contributed by atoms with van der Waals surface area (Å²) in [5.41, 5.74) is -0.504. The molecule has 6 heteroatoms. The van der Waals surface area contributed by atoms with E-state index in [0.29, 0.717) is 16.8 Å². The first-order chi connectivity index (χ1) is 9.17. The lowest BCUT2D eigenvalue weighted by molar-refractivity contribution is -0.156. The van der Waals surface area contributed by atoms with Gasteiger partial charge in [0.05, 0.1) is 4.88 Å². The summed E-state index contributed by atoms with van der Waals surface area (Å²) in [7, 11) is 0. The third kappa shape index (κ3) is 6.48. The fraction of sp³-hybridized carbons (Fsp3) is 0.643. The number of esters is 1. The molecule has 0 saturated carbocycles. The van der Waals surface area contributed by atoms with Gasteiger partial charge in [0.1, 0.15) is 11.6 Å². The van der Waals surface area contributed by atoms with Crippen LogP contribution < -0.4 is 0 Å². The van der Waals surface area contributed by atoms with Gasteiger partial charge in [-0.05, 0) is 33.1 Å². The number of aliphatic imine (C=N–C) groups is 1. The molecule has 112 valence electrons. The molecule has 1 atom stereocenters. The van der Waals surface area contributed by atoms with Crippen LogP contribution in [0.1, 0.15) is 45.9 Å². The van der Waals surface area contributed by atoms with Crippen molar-refractivity contribution in [2.75, 3.05) is 0 Å². The number of carbonyl (C=O) groups is 1. The molecule has 4 nitrogen and oxygen atoms in total. The monoisotopic (exact) mass is 316 g/mol. The van der Waals surface area contributed by atoms with Crippen molar-refractivity contribution in [1.29, 1.82) is 0 Å². The average Bonchev–Trinajstić information content (AvgIpc) is 2.67. The number of halogens is 1. The van der Waals surface area contributed by atoms with Gasteiger partial charge < -0.3 is 4.74 Å². The normalized spacial score (nSPS) is 13.9. The minimum atomic E-state index is -0.504. The molecule has 0 aromatic carbocycles. The summed E-state index contributed by atoms with van der Waals surface area (Å²) in [6.07, 6.45) is 3.93. The van der Waals surface area contributed by atoms with Gasteiger partial charge in [-0.1, -0.05) is 25.4 Å². The van der Waals surface area contributed by atoms with E-state index in [9.17, 15) is 4.79 Å². The van der Waals surface area contributed by atoms with Crippen LogP contribution in [0.3, 0.4) is 0 Å². The second kappa shape index (κ2) is 7.18. The molecule has 0 aliphatic rings. The van der Waals surface area contributed by atoms with E-state index < -0.39 is 11.6 Å². The Bertz CT molecular complexity index is 478. The number of rotatable bonds is 5. The molecule has 0 spiro atoms. The topological polar surface area (TPSA) is 51.5 Å². The number of aromatic nitrogens is 1. The molecular formula is C14H21ClN2O2S. The largest absolute Gasteiger partial charge is 0.458 e. The summed E-state index contributed by atoms with van der Waals surface area (Å²) in [6.45, 7) is 9.66. The van der Waals surface area contributed by atoms with Crippen LogP contribution in [-0.2, 0) is 9.53 Å². The number of hydrogen-bond acceptors (Lipinski definition) is 5. The molecule has 0 saturated heterocycles. The van der Waals surface area contributed by atoms with E-state index in [2.05, 4.69) is 23.8 Å². The van der Waals surface area contributed by atoms with E-state index >= 15 is 0 Å². The number of thiazole rings is 1. The number of carbonyl (C=O) groups excluding carboxylic acids is 1. The summed E-state index contributed by atoms with van der Waals surface area (Å²) < 4.78 is 5.87. The average molecular weight is 317 g/mol. The number of ether oxygens (including phenoxy) is 1. The van der Waals surface area contributed by atoms with Gasteiger partial charge in [-0.3, -0.25) is 4.99 Å². The van der Waals surface area contributed by atoms with Gasteiger partial charge in [-0.2, -0.15) is 0 Å². The minimum absolute atomic E-state index is 0.293. The highest BCUT2D eigenvalue weighted by atomic mass is 35.5. The van der Waals surface area contributed by atoms with Gasteiger partial charge >= 0.3 is 5.97 Å². The van der Waals surface area contributed by atoms with E-state index in [4.69, 9.17) is 16.3 Å². The molecule has 0 N–H and O–H groups in total. The zero-order valence-corrected chi connectivity index (χ0v) is 14.1. The van der Waals surface area contributed by atoms with Crippen molar-refractivity contribution in [2.45, 2.75) is 52.7 Å². The maximum atomic E-state index is 12.1. The molecular weight excluding hydrogens is 296 g/mol. The molecule has 1 aromatic heterocycles. The summed E-state index contributed by atoms with van der Waals surface area (Å²) in [4.78, 5) is 21.3. The maximum Gasteiger partial charge on any atom is 0.331 e. The van der Waals surface area contributed by atoms with Gasteiger partial charge in [0.2, 0.25) is 0 Å². The molecule has 1 rings (SSSR count). The summed E-state index contributed by atoms with van der Waals surface area (Å²) in [5, 5.41) is 0. The van der Waals surface area contributed by atoms with Crippen molar-refractivity contribution in [3.63, 3.8) is 0 Å². The van der Waals surface area contributed by atoms with Crippen molar-refractivity contribution in [2.24, 2.45) is 10.9 Å². The highest BCUT2D eigenvalue weighted by Gasteiger charge is 2.25. The predicted molar refractivity (Wildman–Crippen MR) is 83.8 cm³/mol. The fourth-order valence-corrected chi connectivity index (χ4v) is 2.36. The standard InChI is InChI=1S/C14H21ClN2O2S/c1-9(2)6-11(12(18)19-14(3,4)5)16-7-10-8-17-13(15)20-10/h7-9,11H,6H2,1-5H3. The quantitative estimate of drug-likeness (QED) is 0.610. The molecule has 1 heterocycles. The number of hydrogen-bond donors (Lipinski definition) is 0. The first-order valence-corrected chi connectivity index (χ1v) is 7.74. The van der Waals surface area contributed by atoms with Crippen LogP contribution in [0.25, 0.3) is 0 Å². The van der Waals surface area contributed by atoms with Crippen LogP contribution in [0.2, 0.25) is 4.47 Å². The van der Waals surface area contributed by atoms with Crippen LogP contribution in [-0.4, -0.2) is 28.8 Å². The van der Waals surface area contributed by atoms with Gasteiger partial charge in [0.15, 0.2) is 4.47 Å². The Kier molecular flexibility index (Phi) is 6.14. The Morgan fingerprint density at radius 2 is 2.20 bits per heavy atom. The second-order valence-corrected chi connectivity index (χ2v) is 7.62. The van der Waals surface area contributed by atoms with Crippen LogP contribution >= 0.6 is 22.9 Å². The van der Waals surface area contributed by atoms with E-state index in [1.165, 1.54) is 11.3 Å². The predicted octanol–water partition coefficient (Wildman–Crippen LogP) is 3.97. The lowest BCUT2D eigenvalue weighted by Crippen LogP contribution is -2.31. The lowest BCUT2D eigenvalue weighted by atomic mass is 10.0. The molecule has 0 fully saturated rings. The Labute approximate surface area is 129 Å². The summed E-state index contributed by atoms with van der Waals surface area (Å²) in [5.74, 6) is 0.0628. The Morgan fingerprint density at radius 3 is 2.65 bits per heavy atom. The molecule has 0 aliphatic heterocycles. The molecule has 1 unspecified atom stereocenters. The zero-order chi connectivity index (χ0) is 15.3. The zero-order valence-electron chi connectivity index (χ0n) is 12.5. The van der Waals surface area contributed by atoms with Crippen LogP contribution in [0.15, 0.2) is 11.2 Å². The van der Waals surface area contributed by atoms with Crippen molar-refractivity contribution in [1.82, 2.24) is 4.98 Å². The van der Waals surface area contributed by atoms with E-state index in [0.717, 1.165) is 4.88 Å². The highest BCUT2D eigenvalue weighted by Crippen LogP contribution is 2.18. The maximum absolute atomic E-state index is 12.1. The molecule has 0 bridgehead atoms. The van der Waals surface area contributed by atoms with E-state index in [1.807, 2.05) is 20.8 Å².